The number of carbonyl (C=O) groups is 1. The number of anilines is 1. The van der Waals surface area contributed by atoms with E-state index in [-0.39, 0.29) is 18.0 Å². The van der Waals surface area contributed by atoms with Crippen molar-refractivity contribution < 1.29 is 4.79 Å². The molecule has 0 unspecified atom stereocenters. The van der Waals surface area contributed by atoms with Crippen molar-refractivity contribution in [3.8, 4) is 10.6 Å². The molecule has 6 nitrogen and oxygen atoms in total. The van der Waals surface area contributed by atoms with Crippen LogP contribution in [-0.4, -0.2) is 20.7 Å². The van der Waals surface area contributed by atoms with Gasteiger partial charge in [-0.15, -0.1) is 11.3 Å². The summed E-state index contributed by atoms with van der Waals surface area (Å²) in [6.07, 6.45) is 0. The average molecular weight is 390 g/mol. The number of thiazole rings is 1. The van der Waals surface area contributed by atoms with E-state index in [1.807, 2.05) is 30.3 Å². The van der Waals surface area contributed by atoms with Crippen LogP contribution < -0.4 is 10.9 Å². The fraction of sp³-hybridized carbons (Fsp3) is 0.143. The number of carbonyl (C=O) groups excluding carboxylic acids is 1. The van der Waals surface area contributed by atoms with E-state index in [1.54, 1.807) is 24.3 Å². The van der Waals surface area contributed by atoms with Crippen LogP contribution in [-0.2, 0) is 11.3 Å². The lowest BCUT2D eigenvalue weighted by Gasteiger charge is -2.07. The van der Waals surface area contributed by atoms with Crippen LogP contribution in [0.1, 0.15) is 11.3 Å². The summed E-state index contributed by atoms with van der Waals surface area (Å²) in [5, 5.41) is 7.80. The smallest absolute Gasteiger partial charge is 0.267 e. The first-order valence-corrected chi connectivity index (χ1v) is 9.62. The van der Waals surface area contributed by atoms with Crippen molar-refractivity contribution in [1.82, 2.24) is 14.8 Å². The Labute approximate surface area is 165 Å². The number of aryl methyl sites for hydroxylation is 2. The fourth-order valence-corrected chi connectivity index (χ4v) is 3.92. The number of hydrogen-bond acceptors (Lipinski definition) is 5. The van der Waals surface area contributed by atoms with Gasteiger partial charge in [0.2, 0.25) is 5.91 Å². The summed E-state index contributed by atoms with van der Waals surface area (Å²) < 4.78 is 2.31. The van der Waals surface area contributed by atoms with Gasteiger partial charge in [-0.3, -0.25) is 9.59 Å². The second-order valence-electron chi connectivity index (χ2n) is 6.59. The quantitative estimate of drug-likeness (QED) is 0.575. The number of rotatable bonds is 4. The Morgan fingerprint density at radius 2 is 1.86 bits per heavy atom. The van der Waals surface area contributed by atoms with Gasteiger partial charge in [-0.25, -0.2) is 9.67 Å². The van der Waals surface area contributed by atoms with E-state index in [2.05, 4.69) is 34.5 Å². The molecule has 2 aromatic heterocycles. The number of benzene rings is 2. The van der Waals surface area contributed by atoms with Gasteiger partial charge in [0.1, 0.15) is 11.6 Å². The zero-order chi connectivity index (χ0) is 19.7. The summed E-state index contributed by atoms with van der Waals surface area (Å²) in [4.78, 5) is 28.7. The van der Waals surface area contributed by atoms with Crippen molar-refractivity contribution >= 4 is 33.1 Å². The highest BCUT2D eigenvalue weighted by Gasteiger charge is 2.09. The monoisotopic (exact) mass is 390 g/mol. The molecule has 7 heteroatoms. The van der Waals surface area contributed by atoms with Crippen LogP contribution >= 0.6 is 11.3 Å². The molecule has 0 spiro atoms. The molecule has 0 aliphatic carbocycles. The predicted octanol–water partition coefficient (Wildman–Crippen LogP) is 3.78. The third-order valence-corrected chi connectivity index (χ3v) is 5.32. The molecular formula is C21H18N4O2S. The van der Waals surface area contributed by atoms with E-state index in [9.17, 15) is 9.59 Å². The van der Waals surface area contributed by atoms with Gasteiger partial charge in [-0.1, -0.05) is 6.07 Å². The third-order valence-electron chi connectivity index (χ3n) is 4.25. The van der Waals surface area contributed by atoms with Gasteiger partial charge in [-0.05, 0) is 61.9 Å². The number of fused-ring (bicyclic) bond motifs is 1. The van der Waals surface area contributed by atoms with E-state index in [1.165, 1.54) is 11.6 Å². The Hall–Kier alpha value is -3.32. The van der Waals surface area contributed by atoms with Crippen LogP contribution in [0.15, 0.2) is 59.4 Å². The van der Waals surface area contributed by atoms with Gasteiger partial charge in [0.05, 0.1) is 15.9 Å². The number of aromatic nitrogens is 3. The molecule has 0 bridgehead atoms. The maximum absolute atomic E-state index is 12.2. The highest BCUT2D eigenvalue weighted by Crippen LogP contribution is 2.31. The Balaban J connectivity index is 1.48. The molecule has 0 atom stereocenters. The van der Waals surface area contributed by atoms with Crippen molar-refractivity contribution in [3.05, 3.63) is 76.2 Å². The molecule has 0 aliphatic rings. The molecule has 140 valence electrons. The van der Waals surface area contributed by atoms with E-state index >= 15 is 0 Å². The third kappa shape index (κ3) is 3.84. The summed E-state index contributed by atoms with van der Waals surface area (Å²) in [6.45, 7) is 3.71. The molecular weight excluding hydrogens is 372 g/mol. The van der Waals surface area contributed by atoms with Gasteiger partial charge in [0.15, 0.2) is 0 Å². The molecule has 0 saturated heterocycles. The van der Waals surface area contributed by atoms with Gasteiger partial charge in [-0.2, -0.15) is 5.10 Å². The van der Waals surface area contributed by atoms with Crippen molar-refractivity contribution in [2.24, 2.45) is 0 Å². The summed E-state index contributed by atoms with van der Waals surface area (Å²) >= 11 is 1.64. The van der Waals surface area contributed by atoms with Crippen LogP contribution in [0.5, 0.6) is 0 Å². The minimum absolute atomic E-state index is 0.126. The first-order chi connectivity index (χ1) is 13.5. The Kier molecular flexibility index (Phi) is 4.75. The molecule has 0 aliphatic heterocycles. The molecule has 28 heavy (non-hydrogen) atoms. The molecule has 0 saturated carbocycles. The minimum Gasteiger partial charge on any atom is -0.324 e. The first kappa shape index (κ1) is 18.1. The Morgan fingerprint density at radius 3 is 2.64 bits per heavy atom. The minimum atomic E-state index is -0.304. The largest absolute Gasteiger partial charge is 0.324 e. The maximum Gasteiger partial charge on any atom is 0.267 e. The highest BCUT2D eigenvalue weighted by molar-refractivity contribution is 7.21. The van der Waals surface area contributed by atoms with Gasteiger partial charge in [0.25, 0.3) is 5.56 Å². The predicted molar refractivity (Wildman–Crippen MR) is 112 cm³/mol. The van der Waals surface area contributed by atoms with Gasteiger partial charge >= 0.3 is 0 Å². The van der Waals surface area contributed by atoms with E-state index in [0.717, 1.165) is 25.5 Å². The second-order valence-corrected chi connectivity index (χ2v) is 7.62. The zero-order valence-electron chi connectivity index (χ0n) is 15.5. The zero-order valence-corrected chi connectivity index (χ0v) is 16.3. The number of hydrogen-bond donors (Lipinski definition) is 1. The van der Waals surface area contributed by atoms with Crippen molar-refractivity contribution in [2.75, 3.05) is 5.32 Å². The lowest BCUT2D eigenvalue weighted by Crippen LogP contribution is -2.29. The molecule has 1 N–H and O–H groups in total. The summed E-state index contributed by atoms with van der Waals surface area (Å²) in [7, 11) is 0. The van der Waals surface area contributed by atoms with Crippen molar-refractivity contribution in [1.29, 1.82) is 0 Å². The average Bonchev–Trinajstić information content (AvgIpc) is 3.08. The van der Waals surface area contributed by atoms with Crippen LogP contribution in [0.2, 0.25) is 0 Å². The normalized spacial score (nSPS) is 10.9. The topological polar surface area (TPSA) is 76.9 Å². The molecule has 0 radical (unpaired) electrons. The molecule has 1 amide bonds. The van der Waals surface area contributed by atoms with E-state index in [0.29, 0.717) is 11.4 Å². The lowest BCUT2D eigenvalue weighted by molar-refractivity contribution is -0.117. The molecule has 4 aromatic rings. The summed E-state index contributed by atoms with van der Waals surface area (Å²) in [5.41, 5.74) is 4.23. The maximum atomic E-state index is 12.2. The second kappa shape index (κ2) is 7.36. The van der Waals surface area contributed by atoms with Crippen LogP contribution in [0.3, 0.4) is 0 Å². The SMILES string of the molecule is Cc1ccc2nc(-c3ccc(NC(=O)Cn4nc(C)ccc4=O)cc3)sc2c1. The molecule has 2 heterocycles. The van der Waals surface area contributed by atoms with E-state index < -0.39 is 0 Å². The molecule has 0 fully saturated rings. The molecule has 4 rings (SSSR count). The van der Waals surface area contributed by atoms with E-state index in [4.69, 9.17) is 0 Å². The lowest BCUT2D eigenvalue weighted by atomic mass is 10.2. The first-order valence-electron chi connectivity index (χ1n) is 8.80. The summed E-state index contributed by atoms with van der Waals surface area (Å²) in [6, 6.07) is 16.8. The van der Waals surface area contributed by atoms with Crippen LogP contribution in [0.25, 0.3) is 20.8 Å². The van der Waals surface area contributed by atoms with Crippen molar-refractivity contribution in [3.63, 3.8) is 0 Å². The fourth-order valence-electron chi connectivity index (χ4n) is 2.85. The number of nitrogens with zero attached hydrogens (tertiary/aromatic N) is 3. The van der Waals surface area contributed by atoms with Gasteiger partial charge in [0, 0.05) is 17.3 Å². The Bertz CT molecular complexity index is 1230. The molecule has 2 aromatic carbocycles. The summed E-state index contributed by atoms with van der Waals surface area (Å²) in [5.74, 6) is -0.302. The van der Waals surface area contributed by atoms with Crippen LogP contribution in [0, 0.1) is 13.8 Å². The number of nitrogens with one attached hydrogen (secondary N) is 1. The number of amides is 1. The highest BCUT2D eigenvalue weighted by atomic mass is 32.1. The standard InChI is InChI=1S/C21H18N4O2S/c1-13-3-9-17-18(11-13)28-21(23-17)15-5-7-16(8-6-15)22-19(26)12-25-20(27)10-4-14(2)24-25/h3-11H,12H2,1-2H3,(H,22,26). The van der Waals surface area contributed by atoms with Crippen molar-refractivity contribution in [2.45, 2.75) is 20.4 Å². The van der Waals surface area contributed by atoms with Gasteiger partial charge < -0.3 is 5.32 Å². The Morgan fingerprint density at radius 1 is 1.07 bits per heavy atom. The van der Waals surface area contributed by atoms with Crippen LogP contribution in [0.4, 0.5) is 5.69 Å².